The number of carbonyl (C=O) groups excluding carboxylic acids is 2. The summed E-state index contributed by atoms with van der Waals surface area (Å²) in [4.78, 5) is 24.3. The Hall–Kier alpha value is -0.960. The zero-order valence-corrected chi connectivity index (χ0v) is 8.47. The quantitative estimate of drug-likeness (QED) is 0.432. The van der Waals surface area contributed by atoms with Crippen molar-refractivity contribution in [3.8, 4) is 0 Å². The molecule has 3 aliphatic carbocycles. The van der Waals surface area contributed by atoms with Gasteiger partial charge in [-0.2, -0.15) is 0 Å². The molecule has 78 valence electrons. The predicted molar refractivity (Wildman–Crippen MR) is 51.0 cm³/mol. The number of rotatable bonds is 0. The van der Waals surface area contributed by atoms with Crippen LogP contribution in [0.1, 0.15) is 13.3 Å². The zero-order valence-electron chi connectivity index (χ0n) is 8.47. The van der Waals surface area contributed by atoms with Crippen LogP contribution in [0.2, 0.25) is 0 Å². The van der Waals surface area contributed by atoms with E-state index >= 15 is 0 Å². The van der Waals surface area contributed by atoms with E-state index in [1.54, 1.807) is 6.92 Å². The molecule has 3 fully saturated rings. The Balaban J connectivity index is 1.85. The van der Waals surface area contributed by atoms with Gasteiger partial charge in [0.05, 0.1) is 0 Å². The Labute approximate surface area is 87.5 Å². The molecule has 1 aliphatic heterocycles. The number of ketones is 2. The highest BCUT2D eigenvalue weighted by atomic mass is 16.6. The third-order valence-corrected chi connectivity index (χ3v) is 4.64. The molecule has 0 aromatic heterocycles. The fourth-order valence-corrected chi connectivity index (χ4v) is 3.80. The van der Waals surface area contributed by atoms with E-state index in [0.29, 0.717) is 11.8 Å². The van der Waals surface area contributed by atoms with Crippen LogP contribution in [-0.2, 0) is 14.3 Å². The summed E-state index contributed by atoms with van der Waals surface area (Å²) in [6.07, 6.45) is 4.81. The van der Waals surface area contributed by atoms with Crippen LogP contribution in [-0.4, -0.2) is 23.3 Å². The number of hydrogen-bond acceptors (Lipinski definition) is 3. The highest BCUT2D eigenvalue weighted by Crippen LogP contribution is 2.58. The van der Waals surface area contributed by atoms with Crippen molar-refractivity contribution < 1.29 is 14.3 Å². The van der Waals surface area contributed by atoms with E-state index in [0.717, 1.165) is 6.42 Å². The number of carbonyl (C=O) groups is 2. The average molecular weight is 204 g/mol. The van der Waals surface area contributed by atoms with Gasteiger partial charge in [-0.05, 0) is 25.2 Å². The van der Waals surface area contributed by atoms with Gasteiger partial charge in [-0.1, -0.05) is 12.2 Å². The lowest BCUT2D eigenvalue weighted by molar-refractivity contribution is -0.138. The summed E-state index contributed by atoms with van der Waals surface area (Å²) in [5, 5.41) is 0. The molecule has 6 atom stereocenters. The van der Waals surface area contributed by atoms with Gasteiger partial charge in [-0.25, -0.2) is 0 Å². The topological polar surface area (TPSA) is 46.7 Å². The summed E-state index contributed by atoms with van der Waals surface area (Å²) in [7, 11) is 0. The van der Waals surface area contributed by atoms with Gasteiger partial charge >= 0.3 is 0 Å². The van der Waals surface area contributed by atoms with Gasteiger partial charge in [0.15, 0.2) is 23.3 Å². The molecule has 0 radical (unpaired) electrons. The summed E-state index contributed by atoms with van der Waals surface area (Å²) >= 11 is 0. The number of ether oxygens (including phenoxy) is 1. The highest BCUT2D eigenvalue weighted by Gasteiger charge is 2.72. The lowest BCUT2D eigenvalue weighted by Crippen LogP contribution is -2.47. The van der Waals surface area contributed by atoms with Crippen molar-refractivity contribution in [1.82, 2.24) is 0 Å². The fourth-order valence-electron chi connectivity index (χ4n) is 3.80. The lowest BCUT2D eigenvalue weighted by Gasteiger charge is -2.30. The normalized spacial score (nSPS) is 59.4. The van der Waals surface area contributed by atoms with E-state index in [9.17, 15) is 9.59 Å². The van der Waals surface area contributed by atoms with Crippen LogP contribution in [0.15, 0.2) is 12.2 Å². The first-order valence-electron chi connectivity index (χ1n) is 5.57. The fraction of sp³-hybridized carbons (Fsp3) is 0.667. The highest BCUT2D eigenvalue weighted by molar-refractivity contribution is 6.09. The standard InChI is InChI=1S/C12H12O3/c1-12-10(14)8-6-3-2-5(4-6)7(8)9(13)11(12)15-12/h2-3,5-8,11H,4H2,1H3/t5-,6+,7-,8+,11+,12-/m0/s1. The molecule has 0 spiro atoms. The average Bonchev–Trinajstić information content (AvgIpc) is 2.64. The van der Waals surface area contributed by atoms with Crippen LogP contribution in [0.5, 0.6) is 0 Å². The first-order valence-corrected chi connectivity index (χ1v) is 5.57. The molecule has 0 N–H and O–H groups in total. The van der Waals surface area contributed by atoms with E-state index in [4.69, 9.17) is 4.74 Å². The van der Waals surface area contributed by atoms with Crippen molar-refractivity contribution in [2.45, 2.75) is 25.0 Å². The maximum Gasteiger partial charge on any atom is 0.171 e. The van der Waals surface area contributed by atoms with Crippen LogP contribution in [0, 0.1) is 23.7 Å². The molecule has 4 aliphatic rings. The number of fused-ring (bicyclic) bond motifs is 6. The Morgan fingerprint density at radius 3 is 2.67 bits per heavy atom. The molecule has 3 heteroatoms. The van der Waals surface area contributed by atoms with Gasteiger partial charge in [0.2, 0.25) is 0 Å². The number of epoxide rings is 1. The third-order valence-electron chi connectivity index (χ3n) is 4.64. The Morgan fingerprint density at radius 1 is 1.27 bits per heavy atom. The van der Waals surface area contributed by atoms with E-state index in [-0.39, 0.29) is 23.4 Å². The maximum absolute atomic E-state index is 12.2. The van der Waals surface area contributed by atoms with Crippen molar-refractivity contribution in [1.29, 1.82) is 0 Å². The largest absolute Gasteiger partial charge is 0.350 e. The first kappa shape index (κ1) is 8.22. The van der Waals surface area contributed by atoms with Gasteiger partial charge in [0.25, 0.3) is 0 Å². The van der Waals surface area contributed by atoms with Crippen molar-refractivity contribution in [3.63, 3.8) is 0 Å². The van der Waals surface area contributed by atoms with Crippen molar-refractivity contribution in [2.75, 3.05) is 0 Å². The van der Waals surface area contributed by atoms with Crippen molar-refractivity contribution >= 4 is 11.6 Å². The molecule has 0 aromatic rings. The summed E-state index contributed by atoms with van der Waals surface area (Å²) in [6, 6.07) is 0. The monoisotopic (exact) mass is 204 g/mol. The second-order valence-electron chi connectivity index (χ2n) is 5.37. The van der Waals surface area contributed by atoms with Crippen LogP contribution < -0.4 is 0 Å². The second-order valence-corrected chi connectivity index (χ2v) is 5.37. The van der Waals surface area contributed by atoms with Gasteiger partial charge in [-0.3, -0.25) is 9.59 Å². The summed E-state index contributed by atoms with van der Waals surface area (Å²) in [6.45, 7) is 1.77. The summed E-state index contributed by atoms with van der Waals surface area (Å²) in [5.74, 6) is 0.834. The molecule has 1 saturated heterocycles. The van der Waals surface area contributed by atoms with Gasteiger partial charge in [0, 0.05) is 11.8 Å². The maximum atomic E-state index is 12.2. The number of hydrogen-bond donors (Lipinski definition) is 0. The summed E-state index contributed by atoms with van der Waals surface area (Å²) in [5.41, 5.74) is -0.753. The van der Waals surface area contributed by atoms with Crippen LogP contribution in [0.25, 0.3) is 0 Å². The lowest BCUT2D eigenvalue weighted by atomic mass is 9.68. The van der Waals surface area contributed by atoms with Crippen LogP contribution in [0.3, 0.4) is 0 Å². The van der Waals surface area contributed by atoms with Gasteiger partial charge in [-0.15, -0.1) is 0 Å². The molecular formula is C12H12O3. The smallest absolute Gasteiger partial charge is 0.171 e. The molecular weight excluding hydrogens is 192 g/mol. The number of allylic oxidation sites excluding steroid dienone is 2. The minimum Gasteiger partial charge on any atom is -0.350 e. The van der Waals surface area contributed by atoms with Gasteiger partial charge in [0.1, 0.15) is 0 Å². The molecule has 0 amide bonds. The minimum atomic E-state index is -0.753. The zero-order chi connectivity index (χ0) is 10.4. The molecule has 0 aromatic carbocycles. The molecule has 0 unspecified atom stereocenters. The predicted octanol–water partition coefficient (Wildman–Crippen LogP) is 0.734. The Kier molecular flexibility index (Phi) is 1.15. The first-order chi connectivity index (χ1) is 7.13. The van der Waals surface area contributed by atoms with E-state index < -0.39 is 11.7 Å². The van der Waals surface area contributed by atoms with Crippen LogP contribution >= 0.6 is 0 Å². The van der Waals surface area contributed by atoms with Crippen molar-refractivity contribution in [3.05, 3.63) is 12.2 Å². The summed E-state index contributed by atoms with van der Waals surface area (Å²) < 4.78 is 5.32. The molecule has 4 rings (SSSR count). The Bertz CT molecular complexity index is 425. The van der Waals surface area contributed by atoms with Gasteiger partial charge < -0.3 is 4.74 Å². The minimum absolute atomic E-state index is 0.0620. The molecule has 1 heterocycles. The molecule has 15 heavy (non-hydrogen) atoms. The van der Waals surface area contributed by atoms with Crippen LogP contribution in [0.4, 0.5) is 0 Å². The molecule has 2 saturated carbocycles. The molecule has 2 bridgehead atoms. The third kappa shape index (κ3) is 0.718. The van der Waals surface area contributed by atoms with E-state index in [1.165, 1.54) is 0 Å². The van der Waals surface area contributed by atoms with E-state index in [2.05, 4.69) is 12.2 Å². The molecule has 3 nitrogen and oxygen atoms in total. The van der Waals surface area contributed by atoms with Crippen molar-refractivity contribution in [2.24, 2.45) is 23.7 Å². The second kappa shape index (κ2) is 2.09. The SMILES string of the molecule is C[C@@]12O[C@@H]1C(=O)[C@@H]1[C@H](C2=O)[C@@H]2C=C[C@H]1C2. The van der Waals surface area contributed by atoms with E-state index in [1.807, 2.05) is 0 Å². The number of Topliss-reactive ketones (excluding diaryl/α,β-unsaturated/α-hetero) is 2. The Morgan fingerprint density at radius 2 is 1.93 bits per heavy atom.